The molecule has 1 amide bonds. The van der Waals surface area contributed by atoms with Gasteiger partial charge < -0.3 is 4.74 Å². The van der Waals surface area contributed by atoms with Crippen LogP contribution in [0.2, 0.25) is 0 Å². The van der Waals surface area contributed by atoms with Crippen LogP contribution in [0.4, 0.5) is 5.69 Å². The number of halogens is 1. The summed E-state index contributed by atoms with van der Waals surface area (Å²) in [4.78, 5) is 13.0. The Balaban J connectivity index is 1.90. The average Bonchev–Trinajstić information content (AvgIpc) is 2.74. The predicted octanol–water partition coefficient (Wildman–Crippen LogP) is 4.81. The Labute approximate surface area is 179 Å². The van der Waals surface area contributed by atoms with Crippen molar-refractivity contribution in [3.05, 3.63) is 88.9 Å². The monoisotopic (exact) mass is 473 g/mol. The van der Waals surface area contributed by atoms with E-state index in [9.17, 15) is 13.2 Å². The quantitative estimate of drug-likeness (QED) is 0.493. The molecule has 3 aromatic rings. The van der Waals surface area contributed by atoms with Crippen molar-refractivity contribution in [1.29, 1.82) is 0 Å². The standard InChI is InChI=1S/C22H20BrNO4S/c1-2-17-13-14-21(20(23)15-17)28-16-22(25)24(18-9-5-3-6-10-18)29(26,27)19-11-7-4-8-12-19/h3-15H,2,16H2,1H3. The molecule has 0 saturated carbocycles. The van der Waals surface area contributed by atoms with Crippen LogP contribution < -0.4 is 9.04 Å². The number of hydrogen-bond donors (Lipinski definition) is 0. The molecule has 0 unspecified atom stereocenters. The summed E-state index contributed by atoms with van der Waals surface area (Å²) in [7, 11) is -4.09. The number of rotatable bonds is 7. The molecular weight excluding hydrogens is 454 g/mol. The highest BCUT2D eigenvalue weighted by Gasteiger charge is 2.31. The van der Waals surface area contributed by atoms with Gasteiger partial charge in [0.05, 0.1) is 15.1 Å². The van der Waals surface area contributed by atoms with Crippen molar-refractivity contribution < 1.29 is 17.9 Å². The van der Waals surface area contributed by atoms with E-state index < -0.39 is 22.5 Å². The summed E-state index contributed by atoms with van der Waals surface area (Å²) in [5.41, 5.74) is 1.37. The number of para-hydroxylation sites is 1. The van der Waals surface area contributed by atoms with Crippen LogP contribution in [-0.2, 0) is 21.2 Å². The number of carbonyl (C=O) groups excluding carboxylic acids is 1. The topological polar surface area (TPSA) is 63.7 Å². The average molecular weight is 474 g/mol. The number of ether oxygens (including phenoxy) is 1. The van der Waals surface area contributed by atoms with Crippen LogP contribution in [0, 0.1) is 0 Å². The van der Waals surface area contributed by atoms with Crippen LogP contribution in [-0.4, -0.2) is 20.9 Å². The number of sulfonamides is 1. The van der Waals surface area contributed by atoms with Gasteiger partial charge >= 0.3 is 0 Å². The van der Waals surface area contributed by atoms with E-state index >= 15 is 0 Å². The number of benzene rings is 3. The SMILES string of the molecule is CCc1ccc(OCC(=O)N(c2ccccc2)S(=O)(=O)c2ccccc2)c(Br)c1. The second kappa shape index (κ2) is 9.24. The minimum Gasteiger partial charge on any atom is -0.483 e. The third kappa shape index (κ3) is 4.86. The molecule has 0 atom stereocenters. The highest BCUT2D eigenvalue weighted by atomic mass is 79.9. The number of carbonyl (C=O) groups is 1. The molecule has 0 saturated heterocycles. The fourth-order valence-electron chi connectivity index (χ4n) is 2.76. The smallest absolute Gasteiger partial charge is 0.278 e. The summed E-state index contributed by atoms with van der Waals surface area (Å²) in [5, 5.41) is 0. The van der Waals surface area contributed by atoms with Crippen molar-refractivity contribution in [2.24, 2.45) is 0 Å². The molecule has 0 aromatic heterocycles. The molecule has 3 aromatic carbocycles. The molecule has 0 aliphatic rings. The zero-order chi connectivity index (χ0) is 20.9. The normalized spacial score (nSPS) is 11.1. The van der Waals surface area contributed by atoms with E-state index in [1.165, 1.54) is 12.1 Å². The van der Waals surface area contributed by atoms with Crippen molar-refractivity contribution in [3.63, 3.8) is 0 Å². The van der Waals surface area contributed by atoms with Crippen LogP contribution in [0.3, 0.4) is 0 Å². The minimum absolute atomic E-state index is 0.0330. The molecule has 0 fully saturated rings. The lowest BCUT2D eigenvalue weighted by molar-refractivity contribution is -0.119. The second-order valence-corrected chi connectivity index (χ2v) is 8.86. The number of hydrogen-bond acceptors (Lipinski definition) is 4. The van der Waals surface area contributed by atoms with E-state index in [-0.39, 0.29) is 10.6 Å². The first-order valence-corrected chi connectivity index (χ1v) is 11.3. The van der Waals surface area contributed by atoms with E-state index in [0.29, 0.717) is 10.2 Å². The Bertz CT molecular complexity index is 1090. The van der Waals surface area contributed by atoms with Gasteiger partial charge in [-0.05, 0) is 64.3 Å². The lowest BCUT2D eigenvalue weighted by atomic mass is 10.2. The molecule has 3 rings (SSSR count). The van der Waals surface area contributed by atoms with Gasteiger partial charge in [-0.15, -0.1) is 0 Å². The fourth-order valence-corrected chi connectivity index (χ4v) is 4.73. The van der Waals surface area contributed by atoms with Crippen molar-refractivity contribution in [3.8, 4) is 5.75 Å². The maximum Gasteiger partial charge on any atom is 0.278 e. The molecular formula is C22H20BrNO4S. The first-order chi connectivity index (χ1) is 13.9. The van der Waals surface area contributed by atoms with E-state index in [1.54, 1.807) is 54.6 Å². The van der Waals surface area contributed by atoms with Gasteiger partial charge in [0.1, 0.15) is 5.75 Å². The summed E-state index contributed by atoms with van der Waals surface area (Å²) in [6.45, 7) is 1.61. The molecule has 5 nitrogen and oxygen atoms in total. The van der Waals surface area contributed by atoms with Crippen LogP contribution in [0.1, 0.15) is 12.5 Å². The summed E-state index contributed by atoms with van der Waals surface area (Å²) < 4.78 is 33.5. The molecule has 0 N–H and O–H groups in total. The van der Waals surface area contributed by atoms with E-state index in [2.05, 4.69) is 15.9 Å². The Morgan fingerprint density at radius 3 is 2.17 bits per heavy atom. The van der Waals surface area contributed by atoms with Gasteiger partial charge in [0, 0.05) is 0 Å². The van der Waals surface area contributed by atoms with Gasteiger partial charge in [0.15, 0.2) is 6.61 Å². The van der Waals surface area contributed by atoms with Crippen LogP contribution >= 0.6 is 15.9 Å². The molecule has 0 bridgehead atoms. The van der Waals surface area contributed by atoms with Crippen molar-refractivity contribution in [2.45, 2.75) is 18.2 Å². The maximum atomic E-state index is 13.2. The molecule has 0 aliphatic heterocycles. The first kappa shape index (κ1) is 21.1. The summed E-state index contributed by atoms with van der Waals surface area (Å²) in [6, 6.07) is 21.7. The molecule has 7 heteroatoms. The van der Waals surface area contributed by atoms with E-state index in [4.69, 9.17) is 4.74 Å². The maximum absolute atomic E-state index is 13.2. The van der Waals surface area contributed by atoms with E-state index in [0.717, 1.165) is 16.3 Å². The Hall–Kier alpha value is -2.64. The van der Waals surface area contributed by atoms with Crippen molar-refractivity contribution in [2.75, 3.05) is 10.9 Å². The van der Waals surface area contributed by atoms with Crippen LogP contribution in [0.5, 0.6) is 5.75 Å². The van der Waals surface area contributed by atoms with Crippen LogP contribution in [0.15, 0.2) is 88.2 Å². The zero-order valence-electron chi connectivity index (χ0n) is 15.8. The van der Waals surface area contributed by atoms with Gasteiger partial charge in [-0.25, -0.2) is 8.42 Å². The third-order valence-electron chi connectivity index (χ3n) is 4.25. The zero-order valence-corrected chi connectivity index (χ0v) is 18.2. The number of aryl methyl sites for hydroxylation is 1. The Kier molecular flexibility index (Phi) is 6.71. The van der Waals surface area contributed by atoms with Gasteiger partial charge in [-0.1, -0.05) is 49.4 Å². The molecule has 29 heavy (non-hydrogen) atoms. The second-order valence-electron chi connectivity index (χ2n) is 6.22. The van der Waals surface area contributed by atoms with Crippen molar-refractivity contribution >= 4 is 37.5 Å². The largest absolute Gasteiger partial charge is 0.483 e. The first-order valence-electron chi connectivity index (χ1n) is 9.03. The molecule has 150 valence electrons. The van der Waals surface area contributed by atoms with Gasteiger partial charge in [-0.3, -0.25) is 4.79 Å². The Morgan fingerprint density at radius 2 is 1.59 bits per heavy atom. The van der Waals surface area contributed by atoms with Gasteiger partial charge in [-0.2, -0.15) is 4.31 Å². The third-order valence-corrected chi connectivity index (χ3v) is 6.64. The fraction of sp³-hybridized carbons (Fsp3) is 0.136. The van der Waals surface area contributed by atoms with Gasteiger partial charge in [0.2, 0.25) is 0 Å². The van der Waals surface area contributed by atoms with Gasteiger partial charge in [0.25, 0.3) is 15.9 Å². The molecule has 0 radical (unpaired) electrons. The highest BCUT2D eigenvalue weighted by Crippen LogP contribution is 2.27. The lowest BCUT2D eigenvalue weighted by Gasteiger charge is -2.23. The summed E-state index contributed by atoms with van der Waals surface area (Å²) in [5.74, 6) is -0.216. The van der Waals surface area contributed by atoms with E-state index in [1.807, 2.05) is 19.1 Å². The molecule has 0 spiro atoms. The summed E-state index contributed by atoms with van der Waals surface area (Å²) >= 11 is 3.43. The number of nitrogens with zero attached hydrogens (tertiary/aromatic N) is 1. The molecule has 0 heterocycles. The van der Waals surface area contributed by atoms with Crippen molar-refractivity contribution in [1.82, 2.24) is 0 Å². The van der Waals surface area contributed by atoms with Crippen LogP contribution in [0.25, 0.3) is 0 Å². The number of anilines is 1. The minimum atomic E-state index is -4.09. The highest BCUT2D eigenvalue weighted by molar-refractivity contribution is 9.10. The number of amides is 1. The Morgan fingerprint density at radius 1 is 0.966 bits per heavy atom. The predicted molar refractivity (Wildman–Crippen MR) is 117 cm³/mol. The lowest BCUT2D eigenvalue weighted by Crippen LogP contribution is -2.40. The molecule has 0 aliphatic carbocycles. The summed E-state index contributed by atoms with van der Waals surface area (Å²) in [6.07, 6.45) is 0.870.